The highest BCUT2D eigenvalue weighted by atomic mass is 32.2. The minimum absolute atomic E-state index is 0.0176. The van der Waals surface area contributed by atoms with Crippen LogP contribution in [0.4, 0.5) is 11.4 Å². The van der Waals surface area contributed by atoms with E-state index in [0.717, 1.165) is 4.31 Å². The van der Waals surface area contributed by atoms with Crippen LogP contribution >= 0.6 is 0 Å². The monoisotopic (exact) mass is 538 g/mol. The van der Waals surface area contributed by atoms with Gasteiger partial charge in [-0.05, 0) is 43.3 Å². The van der Waals surface area contributed by atoms with Crippen LogP contribution in [0.2, 0.25) is 0 Å². The molecule has 0 bridgehead atoms. The molecule has 0 aliphatic rings. The van der Waals surface area contributed by atoms with Gasteiger partial charge in [0.1, 0.15) is 12.3 Å². The fourth-order valence-corrected chi connectivity index (χ4v) is 5.53. The van der Waals surface area contributed by atoms with Crippen LogP contribution in [0.1, 0.15) is 13.3 Å². The highest BCUT2D eigenvalue weighted by Gasteiger charge is 2.30. The Hall–Kier alpha value is -4.23. The predicted molar refractivity (Wildman–Crippen MR) is 146 cm³/mol. The fraction of sp³-hybridized carbons (Fsp3) is 0.286. The van der Waals surface area contributed by atoms with Crippen LogP contribution in [-0.4, -0.2) is 60.8 Å². The van der Waals surface area contributed by atoms with Gasteiger partial charge in [0.05, 0.1) is 44.9 Å². The second kappa shape index (κ2) is 12.3. The SMILES string of the molecule is C#CCN(c1ccc(N(CC(=O)OC)S(=O)(=O)c2ccc(OC)cc2)c2ccccc12)[C@@H](C)CC(=O)OC. The van der Waals surface area contributed by atoms with Crippen LogP contribution in [-0.2, 0) is 29.1 Å². The van der Waals surface area contributed by atoms with Crippen LogP contribution in [0.25, 0.3) is 10.8 Å². The number of terminal acetylenes is 1. The molecule has 0 saturated heterocycles. The molecule has 0 saturated carbocycles. The highest BCUT2D eigenvalue weighted by Crippen LogP contribution is 2.37. The molecule has 0 aromatic heterocycles. The molecule has 0 amide bonds. The van der Waals surface area contributed by atoms with Crippen molar-refractivity contribution in [3.63, 3.8) is 0 Å². The van der Waals surface area contributed by atoms with Crippen LogP contribution in [0.5, 0.6) is 5.75 Å². The Morgan fingerprint density at radius 2 is 1.47 bits per heavy atom. The number of anilines is 2. The molecule has 3 rings (SSSR count). The van der Waals surface area contributed by atoms with E-state index in [-0.39, 0.29) is 35.6 Å². The zero-order chi connectivity index (χ0) is 27.9. The van der Waals surface area contributed by atoms with Gasteiger partial charge in [0.15, 0.2) is 0 Å². The number of ether oxygens (including phenoxy) is 3. The molecule has 10 heteroatoms. The van der Waals surface area contributed by atoms with Crippen LogP contribution in [0, 0.1) is 12.3 Å². The molecule has 9 nitrogen and oxygen atoms in total. The number of methoxy groups -OCH3 is 3. The van der Waals surface area contributed by atoms with E-state index in [1.54, 1.807) is 24.3 Å². The Morgan fingerprint density at radius 3 is 2.03 bits per heavy atom. The minimum atomic E-state index is -4.18. The molecule has 200 valence electrons. The molecule has 38 heavy (non-hydrogen) atoms. The molecule has 0 heterocycles. The topological polar surface area (TPSA) is 102 Å². The molecule has 0 aliphatic carbocycles. The zero-order valence-corrected chi connectivity index (χ0v) is 22.5. The Balaban J connectivity index is 2.20. The largest absolute Gasteiger partial charge is 0.497 e. The molecule has 0 unspecified atom stereocenters. The first-order chi connectivity index (χ1) is 18.2. The molecule has 0 radical (unpaired) electrons. The van der Waals surface area contributed by atoms with Crippen LogP contribution < -0.4 is 13.9 Å². The molecule has 0 aliphatic heterocycles. The van der Waals surface area contributed by atoms with Crippen LogP contribution in [0.15, 0.2) is 65.6 Å². The van der Waals surface area contributed by atoms with Gasteiger partial charge in [-0.25, -0.2) is 8.42 Å². The van der Waals surface area contributed by atoms with Gasteiger partial charge in [-0.1, -0.05) is 30.2 Å². The number of benzene rings is 3. The molecule has 0 N–H and O–H groups in total. The fourth-order valence-electron chi connectivity index (χ4n) is 4.10. The van der Waals surface area contributed by atoms with Gasteiger partial charge in [-0.15, -0.1) is 6.42 Å². The molecule has 3 aromatic rings. The van der Waals surface area contributed by atoms with Crippen molar-refractivity contribution in [3.05, 3.63) is 60.7 Å². The first-order valence-corrected chi connectivity index (χ1v) is 13.1. The van der Waals surface area contributed by atoms with E-state index in [0.29, 0.717) is 22.2 Å². The zero-order valence-electron chi connectivity index (χ0n) is 21.7. The summed E-state index contributed by atoms with van der Waals surface area (Å²) in [5, 5.41) is 1.26. The lowest BCUT2D eigenvalue weighted by Gasteiger charge is -2.31. The van der Waals surface area contributed by atoms with Crippen molar-refractivity contribution >= 4 is 44.1 Å². The molecular weight excluding hydrogens is 508 g/mol. The van der Waals surface area contributed by atoms with Crippen molar-refractivity contribution < 1.29 is 32.2 Å². The first-order valence-electron chi connectivity index (χ1n) is 11.7. The molecule has 0 fully saturated rings. The van der Waals surface area contributed by atoms with Gasteiger partial charge in [-0.2, -0.15) is 0 Å². The Labute approximate surface area is 222 Å². The summed E-state index contributed by atoms with van der Waals surface area (Å²) in [5.74, 6) is 2.01. The van der Waals surface area contributed by atoms with Crippen molar-refractivity contribution in [2.45, 2.75) is 24.3 Å². The Bertz CT molecular complexity index is 1450. The summed E-state index contributed by atoms with van der Waals surface area (Å²) in [6.45, 7) is 1.52. The van der Waals surface area contributed by atoms with Crippen molar-refractivity contribution in [1.82, 2.24) is 0 Å². The number of hydrogen-bond donors (Lipinski definition) is 0. The summed E-state index contributed by atoms with van der Waals surface area (Å²) in [7, 11) is -0.183. The second-order valence-electron chi connectivity index (χ2n) is 8.37. The van der Waals surface area contributed by atoms with Crippen molar-refractivity contribution in [2.24, 2.45) is 0 Å². The van der Waals surface area contributed by atoms with E-state index in [4.69, 9.17) is 20.6 Å². The number of fused-ring (bicyclic) bond motifs is 1. The van der Waals surface area contributed by atoms with E-state index >= 15 is 0 Å². The maximum absolute atomic E-state index is 13.8. The summed E-state index contributed by atoms with van der Waals surface area (Å²) in [6.07, 6.45) is 5.75. The normalized spacial score (nSPS) is 11.8. The van der Waals surface area contributed by atoms with Gasteiger partial charge in [0.25, 0.3) is 10.0 Å². The smallest absolute Gasteiger partial charge is 0.326 e. The quantitative estimate of drug-likeness (QED) is 0.270. The van der Waals surface area contributed by atoms with Crippen molar-refractivity contribution in [2.75, 3.05) is 43.6 Å². The number of carbonyl (C=O) groups excluding carboxylic acids is 2. The lowest BCUT2D eigenvalue weighted by molar-refractivity contribution is -0.141. The summed E-state index contributed by atoms with van der Waals surface area (Å²) < 4.78 is 43.4. The van der Waals surface area contributed by atoms with Crippen molar-refractivity contribution in [1.29, 1.82) is 0 Å². The van der Waals surface area contributed by atoms with Crippen LogP contribution in [0.3, 0.4) is 0 Å². The van der Waals surface area contributed by atoms with Gasteiger partial charge in [0, 0.05) is 22.5 Å². The third-order valence-electron chi connectivity index (χ3n) is 6.09. The first kappa shape index (κ1) is 28.3. The highest BCUT2D eigenvalue weighted by molar-refractivity contribution is 7.92. The van der Waals surface area contributed by atoms with Gasteiger partial charge >= 0.3 is 11.9 Å². The van der Waals surface area contributed by atoms with E-state index in [9.17, 15) is 18.0 Å². The molecule has 3 aromatic carbocycles. The summed E-state index contributed by atoms with van der Waals surface area (Å²) in [6, 6.07) is 16.1. The van der Waals surface area contributed by atoms with Gasteiger partial charge < -0.3 is 19.1 Å². The average molecular weight is 539 g/mol. The Kier molecular flexibility index (Phi) is 9.20. The summed E-state index contributed by atoms with van der Waals surface area (Å²) in [4.78, 5) is 26.2. The minimum Gasteiger partial charge on any atom is -0.497 e. The maximum atomic E-state index is 13.8. The number of hydrogen-bond acceptors (Lipinski definition) is 8. The van der Waals surface area contributed by atoms with Gasteiger partial charge in [-0.3, -0.25) is 13.9 Å². The number of sulfonamides is 1. The van der Waals surface area contributed by atoms with E-state index in [1.165, 1.54) is 45.6 Å². The standard InChI is InChI=1S/C28H30N2O7S/c1-6-17-29(20(2)18-27(31)36-4)25-15-16-26(24-10-8-7-9-23(24)25)30(19-28(32)37-5)38(33,34)22-13-11-21(35-3)12-14-22/h1,7-16,20H,17-19H2,2-5H3/t20-/m0/s1. The maximum Gasteiger partial charge on any atom is 0.326 e. The number of carbonyl (C=O) groups is 2. The molecular formula is C28H30N2O7S. The Morgan fingerprint density at radius 1 is 0.895 bits per heavy atom. The lowest BCUT2D eigenvalue weighted by atomic mass is 10.0. The van der Waals surface area contributed by atoms with Crippen molar-refractivity contribution in [3.8, 4) is 18.1 Å². The van der Waals surface area contributed by atoms with Gasteiger partial charge in [0.2, 0.25) is 0 Å². The molecule has 0 spiro atoms. The summed E-state index contributed by atoms with van der Waals surface area (Å²) >= 11 is 0. The van der Waals surface area contributed by atoms with E-state index < -0.39 is 22.5 Å². The molecule has 1 atom stereocenters. The number of nitrogens with zero attached hydrogens (tertiary/aromatic N) is 2. The number of esters is 2. The van der Waals surface area contributed by atoms with E-state index in [1.807, 2.05) is 24.0 Å². The second-order valence-corrected chi connectivity index (χ2v) is 10.2. The third kappa shape index (κ3) is 6.01. The lowest BCUT2D eigenvalue weighted by Crippen LogP contribution is -2.37. The average Bonchev–Trinajstić information content (AvgIpc) is 2.94. The summed E-state index contributed by atoms with van der Waals surface area (Å²) in [5.41, 5.74) is 0.991. The number of rotatable bonds is 11. The third-order valence-corrected chi connectivity index (χ3v) is 7.86. The predicted octanol–water partition coefficient (Wildman–Crippen LogP) is 3.61. The van der Waals surface area contributed by atoms with E-state index in [2.05, 4.69) is 5.92 Å².